The number of nitrogens with zero attached hydrogens (tertiary/aromatic N) is 1. The summed E-state index contributed by atoms with van der Waals surface area (Å²) in [6.07, 6.45) is 0. The number of hydrogen-bond donors (Lipinski definition) is 1. The van der Waals surface area contributed by atoms with Crippen molar-refractivity contribution in [3.05, 3.63) is 59.4 Å². The van der Waals surface area contributed by atoms with E-state index in [4.69, 9.17) is 10.00 Å². The fraction of sp³-hybridized carbons (Fsp3) is 0.133. The van der Waals surface area contributed by atoms with E-state index in [1.54, 1.807) is 12.1 Å². The molecule has 0 saturated carbocycles. The first-order chi connectivity index (χ1) is 9.22. The molecule has 2 aromatic carbocycles. The van der Waals surface area contributed by atoms with Gasteiger partial charge in [-0.15, -0.1) is 0 Å². The Morgan fingerprint density at radius 1 is 1.21 bits per heavy atom. The van der Waals surface area contributed by atoms with Gasteiger partial charge in [-0.25, -0.2) is 4.39 Å². The summed E-state index contributed by atoms with van der Waals surface area (Å²) in [5.74, 6) is 0.244. The Labute approximate surface area is 111 Å². The van der Waals surface area contributed by atoms with E-state index in [0.29, 0.717) is 16.9 Å². The maximum Gasteiger partial charge on any atom is 0.131 e. The maximum atomic E-state index is 13.6. The third-order valence-electron chi connectivity index (χ3n) is 2.72. The van der Waals surface area contributed by atoms with Crippen LogP contribution in [0.4, 0.5) is 10.1 Å². The zero-order valence-corrected chi connectivity index (χ0v) is 10.5. The zero-order valence-electron chi connectivity index (χ0n) is 10.5. The molecule has 0 spiro atoms. The van der Waals surface area contributed by atoms with Crippen molar-refractivity contribution in [2.24, 2.45) is 0 Å². The van der Waals surface area contributed by atoms with Crippen LogP contribution in [0.5, 0.6) is 5.75 Å². The van der Waals surface area contributed by atoms with Crippen LogP contribution in [-0.2, 0) is 6.61 Å². The lowest BCUT2D eigenvalue weighted by atomic mass is 10.1. The molecule has 0 atom stereocenters. The number of nitriles is 1. The van der Waals surface area contributed by atoms with Gasteiger partial charge in [0.05, 0.1) is 11.6 Å². The predicted molar refractivity (Wildman–Crippen MR) is 71.4 cm³/mol. The molecule has 1 N–H and O–H groups in total. The van der Waals surface area contributed by atoms with E-state index >= 15 is 0 Å². The molecule has 0 fully saturated rings. The van der Waals surface area contributed by atoms with Gasteiger partial charge < -0.3 is 10.1 Å². The lowest BCUT2D eigenvalue weighted by Crippen LogP contribution is -1.99. The van der Waals surface area contributed by atoms with E-state index in [9.17, 15) is 4.39 Å². The molecule has 0 amide bonds. The molecule has 0 aliphatic heterocycles. The highest BCUT2D eigenvalue weighted by Gasteiger charge is 2.04. The van der Waals surface area contributed by atoms with Gasteiger partial charge in [-0.3, -0.25) is 0 Å². The highest BCUT2D eigenvalue weighted by molar-refractivity contribution is 5.45. The first-order valence-electron chi connectivity index (χ1n) is 5.82. The number of benzene rings is 2. The van der Waals surface area contributed by atoms with Gasteiger partial charge in [-0.05, 0) is 36.4 Å². The molecule has 0 radical (unpaired) electrons. The molecule has 0 aliphatic carbocycles. The van der Waals surface area contributed by atoms with Crippen molar-refractivity contribution in [2.45, 2.75) is 6.61 Å². The second-order valence-electron chi connectivity index (χ2n) is 3.98. The van der Waals surface area contributed by atoms with Crippen LogP contribution in [0.2, 0.25) is 0 Å². The lowest BCUT2D eigenvalue weighted by Gasteiger charge is -2.08. The van der Waals surface area contributed by atoms with E-state index in [-0.39, 0.29) is 6.61 Å². The smallest absolute Gasteiger partial charge is 0.131 e. The summed E-state index contributed by atoms with van der Waals surface area (Å²) < 4.78 is 19.1. The number of anilines is 1. The average Bonchev–Trinajstić information content (AvgIpc) is 2.46. The maximum absolute atomic E-state index is 13.6. The van der Waals surface area contributed by atoms with E-state index < -0.39 is 5.82 Å². The van der Waals surface area contributed by atoms with Crippen LogP contribution < -0.4 is 10.1 Å². The van der Waals surface area contributed by atoms with Gasteiger partial charge in [-0.1, -0.05) is 6.07 Å². The van der Waals surface area contributed by atoms with E-state index in [1.807, 2.05) is 37.4 Å². The summed E-state index contributed by atoms with van der Waals surface area (Å²) >= 11 is 0. The normalized spacial score (nSPS) is 9.74. The minimum absolute atomic E-state index is 0.135. The molecule has 2 aromatic rings. The van der Waals surface area contributed by atoms with Crippen LogP contribution in [0, 0.1) is 17.1 Å². The Bertz CT molecular complexity index is 603. The van der Waals surface area contributed by atoms with Crippen molar-refractivity contribution < 1.29 is 9.13 Å². The molecule has 0 unspecified atom stereocenters. The highest BCUT2D eigenvalue weighted by atomic mass is 19.1. The molecule has 3 nitrogen and oxygen atoms in total. The van der Waals surface area contributed by atoms with Crippen molar-refractivity contribution in [3.8, 4) is 11.8 Å². The van der Waals surface area contributed by atoms with E-state index in [0.717, 1.165) is 5.69 Å². The first kappa shape index (κ1) is 12.9. The Balaban J connectivity index is 2.04. The first-order valence-corrected chi connectivity index (χ1v) is 5.82. The second-order valence-corrected chi connectivity index (χ2v) is 3.98. The minimum atomic E-state index is -0.425. The summed E-state index contributed by atoms with van der Waals surface area (Å²) in [6, 6.07) is 13.6. The largest absolute Gasteiger partial charge is 0.489 e. The fourth-order valence-corrected chi connectivity index (χ4v) is 1.61. The fourth-order valence-electron chi connectivity index (χ4n) is 1.61. The van der Waals surface area contributed by atoms with Gasteiger partial charge in [0.1, 0.15) is 18.2 Å². The number of ether oxygens (including phenoxy) is 1. The Morgan fingerprint density at radius 3 is 2.53 bits per heavy atom. The van der Waals surface area contributed by atoms with E-state index in [2.05, 4.69) is 5.32 Å². The van der Waals surface area contributed by atoms with E-state index in [1.165, 1.54) is 6.07 Å². The average molecular weight is 256 g/mol. The third-order valence-corrected chi connectivity index (χ3v) is 2.72. The van der Waals surface area contributed by atoms with Crippen LogP contribution in [0.3, 0.4) is 0 Å². The molecule has 0 aliphatic rings. The van der Waals surface area contributed by atoms with Crippen LogP contribution in [0.15, 0.2) is 42.5 Å². The Hall–Kier alpha value is -2.54. The summed E-state index contributed by atoms with van der Waals surface area (Å²) in [6.45, 7) is 0.135. The Morgan fingerprint density at radius 2 is 1.95 bits per heavy atom. The van der Waals surface area contributed by atoms with Crippen LogP contribution in [-0.4, -0.2) is 7.05 Å². The number of halogens is 1. The molecule has 0 heterocycles. The molecular weight excluding hydrogens is 243 g/mol. The van der Waals surface area contributed by atoms with Gasteiger partial charge in [0, 0.05) is 18.3 Å². The summed E-state index contributed by atoms with van der Waals surface area (Å²) in [5, 5.41) is 11.7. The van der Waals surface area contributed by atoms with Crippen molar-refractivity contribution in [3.63, 3.8) is 0 Å². The van der Waals surface area contributed by atoms with Crippen molar-refractivity contribution in [2.75, 3.05) is 12.4 Å². The highest BCUT2D eigenvalue weighted by Crippen LogP contribution is 2.18. The number of rotatable bonds is 4. The second kappa shape index (κ2) is 5.87. The van der Waals surface area contributed by atoms with Crippen LogP contribution in [0.1, 0.15) is 11.1 Å². The number of nitrogens with one attached hydrogen (secondary N) is 1. The van der Waals surface area contributed by atoms with Gasteiger partial charge in [0.25, 0.3) is 0 Å². The monoisotopic (exact) mass is 256 g/mol. The quantitative estimate of drug-likeness (QED) is 0.912. The number of hydrogen-bond acceptors (Lipinski definition) is 3. The van der Waals surface area contributed by atoms with Gasteiger partial charge >= 0.3 is 0 Å². The molecule has 0 bridgehead atoms. The molecule has 96 valence electrons. The van der Waals surface area contributed by atoms with Crippen LogP contribution >= 0.6 is 0 Å². The van der Waals surface area contributed by atoms with Gasteiger partial charge in [0.15, 0.2) is 0 Å². The summed E-state index contributed by atoms with van der Waals surface area (Å²) in [5.41, 5.74) is 1.72. The molecule has 0 saturated heterocycles. The minimum Gasteiger partial charge on any atom is -0.489 e. The zero-order chi connectivity index (χ0) is 13.7. The molecule has 0 aromatic heterocycles. The molecule has 2 rings (SSSR count). The van der Waals surface area contributed by atoms with Crippen molar-refractivity contribution >= 4 is 5.69 Å². The topological polar surface area (TPSA) is 45.0 Å². The lowest BCUT2D eigenvalue weighted by molar-refractivity contribution is 0.300. The predicted octanol–water partition coefficient (Wildman–Crippen LogP) is 3.32. The van der Waals surface area contributed by atoms with Crippen molar-refractivity contribution in [1.82, 2.24) is 0 Å². The summed E-state index contributed by atoms with van der Waals surface area (Å²) in [4.78, 5) is 0. The Kier molecular flexibility index (Phi) is 3.99. The van der Waals surface area contributed by atoms with Crippen molar-refractivity contribution in [1.29, 1.82) is 5.26 Å². The standard InChI is InChI=1S/C15H13FN2O/c1-18-13-4-6-14(7-5-13)19-10-12-3-2-11(9-17)8-15(12)16/h2-8,18H,10H2,1H3. The summed E-state index contributed by atoms with van der Waals surface area (Å²) in [7, 11) is 1.84. The van der Waals surface area contributed by atoms with Crippen LogP contribution in [0.25, 0.3) is 0 Å². The molecule has 4 heteroatoms. The van der Waals surface area contributed by atoms with Gasteiger partial charge in [-0.2, -0.15) is 5.26 Å². The van der Waals surface area contributed by atoms with Gasteiger partial charge in [0.2, 0.25) is 0 Å². The molecule has 19 heavy (non-hydrogen) atoms. The molecular formula is C15H13FN2O. The SMILES string of the molecule is CNc1ccc(OCc2ccc(C#N)cc2F)cc1. The third kappa shape index (κ3) is 3.23.